The van der Waals surface area contributed by atoms with E-state index in [1.165, 1.54) is 12.3 Å². The molecule has 0 fully saturated rings. The molecule has 5 heteroatoms. The van der Waals surface area contributed by atoms with Crippen LogP contribution in [0.2, 0.25) is 0 Å². The van der Waals surface area contributed by atoms with Crippen LogP contribution in [0.25, 0.3) is 11.3 Å². The summed E-state index contributed by atoms with van der Waals surface area (Å²) in [6.07, 6.45) is 4.48. The van der Waals surface area contributed by atoms with E-state index in [0.717, 1.165) is 11.5 Å². The van der Waals surface area contributed by atoms with Gasteiger partial charge < -0.3 is 10.3 Å². The fraction of sp³-hybridized carbons (Fsp3) is 0.385. The van der Waals surface area contributed by atoms with Crippen molar-refractivity contribution in [3.8, 4) is 11.3 Å². The topological polar surface area (TPSA) is 53.6 Å². The average molecular weight is 248 g/mol. The summed E-state index contributed by atoms with van der Waals surface area (Å²) in [6.45, 7) is 6.92. The van der Waals surface area contributed by atoms with Crippen LogP contribution >= 0.6 is 0 Å². The number of imidazole rings is 1. The number of halogens is 1. The molecule has 0 saturated carbocycles. The molecule has 18 heavy (non-hydrogen) atoms. The third-order valence-electron chi connectivity index (χ3n) is 2.43. The summed E-state index contributed by atoms with van der Waals surface area (Å²) in [4.78, 5) is 11.2. The van der Waals surface area contributed by atoms with E-state index < -0.39 is 0 Å². The van der Waals surface area contributed by atoms with Crippen molar-refractivity contribution >= 4 is 0 Å². The van der Waals surface area contributed by atoms with E-state index in [2.05, 4.69) is 41.0 Å². The molecule has 0 unspecified atom stereocenters. The van der Waals surface area contributed by atoms with E-state index in [9.17, 15) is 4.39 Å². The molecular formula is C13H17FN4. The number of rotatable bonds is 3. The second kappa shape index (κ2) is 4.86. The first-order chi connectivity index (χ1) is 8.44. The van der Waals surface area contributed by atoms with Gasteiger partial charge in [0, 0.05) is 17.3 Å². The Morgan fingerprint density at radius 1 is 1.28 bits per heavy atom. The fourth-order valence-corrected chi connectivity index (χ4v) is 1.51. The van der Waals surface area contributed by atoms with E-state index in [0.29, 0.717) is 12.1 Å². The van der Waals surface area contributed by atoms with Crippen LogP contribution < -0.4 is 5.32 Å². The molecule has 0 saturated heterocycles. The Bertz CT molecular complexity index is 528. The smallest absolute Gasteiger partial charge is 0.142 e. The lowest BCUT2D eigenvalue weighted by Gasteiger charge is -2.19. The molecule has 2 rings (SSSR count). The molecule has 0 atom stereocenters. The lowest BCUT2D eigenvalue weighted by molar-refractivity contribution is 0.418. The lowest BCUT2D eigenvalue weighted by atomic mass is 10.1. The van der Waals surface area contributed by atoms with Gasteiger partial charge in [0.25, 0.3) is 0 Å². The van der Waals surface area contributed by atoms with Crippen molar-refractivity contribution in [2.45, 2.75) is 32.9 Å². The van der Waals surface area contributed by atoms with Crippen molar-refractivity contribution in [1.29, 1.82) is 0 Å². The normalized spacial score (nSPS) is 11.8. The lowest BCUT2D eigenvalue weighted by Crippen LogP contribution is -2.35. The number of H-pyrrole nitrogens is 1. The number of aromatic nitrogens is 3. The van der Waals surface area contributed by atoms with Gasteiger partial charge in [-0.1, -0.05) is 0 Å². The Hall–Kier alpha value is -1.75. The van der Waals surface area contributed by atoms with Gasteiger partial charge in [-0.05, 0) is 26.8 Å². The molecule has 0 aliphatic heterocycles. The molecule has 0 aliphatic rings. The molecule has 0 amide bonds. The van der Waals surface area contributed by atoms with Gasteiger partial charge in [-0.15, -0.1) is 0 Å². The van der Waals surface area contributed by atoms with Gasteiger partial charge in [-0.3, -0.25) is 4.98 Å². The maximum absolute atomic E-state index is 13.1. The van der Waals surface area contributed by atoms with E-state index in [-0.39, 0.29) is 11.4 Å². The SMILES string of the molecule is CC(C)(C)NCc1ncc(-c2cncc(F)c2)[nH]1. The summed E-state index contributed by atoms with van der Waals surface area (Å²) in [5.74, 6) is 0.473. The highest BCUT2D eigenvalue weighted by Crippen LogP contribution is 2.16. The molecule has 0 aliphatic carbocycles. The van der Waals surface area contributed by atoms with Crippen molar-refractivity contribution in [3.63, 3.8) is 0 Å². The Morgan fingerprint density at radius 3 is 2.72 bits per heavy atom. The van der Waals surface area contributed by atoms with Gasteiger partial charge in [0.15, 0.2) is 0 Å². The highest BCUT2D eigenvalue weighted by atomic mass is 19.1. The maximum atomic E-state index is 13.1. The van der Waals surface area contributed by atoms with Crippen LogP contribution in [0.1, 0.15) is 26.6 Å². The average Bonchev–Trinajstić information content (AvgIpc) is 2.74. The van der Waals surface area contributed by atoms with Crippen LogP contribution in [0.15, 0.2) is 24.7 Å². The van der Waals surface area contributed by atoms with Crippen LogP contribution in [0.5, 0.6) is 0 Å². The summed E-state index contributed by atoms with van der Waals surface area (Å²) in [6, 6.07) is 1.43. The van der Waals surface area contributed by atoms with Crippen LogP contribution in [-0.4, -0.2) is 20.5 Å². The zero-order chi connectivity index (χ0) is 13.2. The van der Waals surface area contributed by atoms with Gasteiger partial charge in [-0.2, -0.15) is 0 Å². The van der Waals surface area contributed by atoms with Crippen molar-refractivity contribution in [2.75, 3.05) is 0 Å². The van der Waals surface area contributed by atoms with Crippen molar-refractivity contribution in [2.24, 2.45) is 0 Å². The van der Waals surface area contributed by atoms with Crippen molar-refractivity contribution < 1.29 is 4.39 Å². The standard InChI is InChI=1S/C13H17FN4/c1-13(2,3)17-8-12-16-7-11(18-12)9-4-10(14)6-15-5-9/h4-7,17H,8H2,1-3H3,(H,16,18). The highest BCUT2D eigenvalue weighted by molar-refractivity contribution is 5.56. The number of pyridine rings is 1. The minimum absolute atomic E-state index is 0.0351. The quantitative estimate of drug-likeness (QED) is 0.877. The minimum Gasteiger partial charge on any atom is -0.341 e. The van der Waals surface area contributed by atoms with E-state index in [4.69, 9.17) is 0 Å². The zero-order valence-corrected chi connectivity index (χ0v) is 10.8. The van der Waals surface area contributed by atoms with Gasteiger partial charge in [0.1, 0.15) is 11.6 Å². The Labute approximate surface area is 106 Å². The summed E-state index contributed by atoms with van der Waals surface area (Å²) < 4.78 is 13.1. The van der Waals surface area contributed by atoms with Crippen LogP contribution in [0, 0.1) is 5.82 Å². The van der Waals surface area contributed by atoms with Crippen molar-refractivity contribution in [1.82, 2.24) is 20.3 Å². The largest absolute Gasteiger partial charge is 0.341 e. The third kappa shape index (κ3) is 3.37. The molecule has 2 aromatic rings. The number of nitrogens with zero attached hydrogens (tertiary/aromatic N) is 2. The second-order valence-corrected chi connectivity index (χ2v) is 5.24. The van der Waals surface area contributed by atoms with E-state index in [1.807, 2.05) is 0 Å². The Balaban J connectivity index is 2.11. The van der Waals surface area contributed by atoms with Crippen LogP contribution in [-0.2, 0) is 6.54 Å². The predicted molar refractivity (Wildman–Crippen MR) is 68.4 cm³/mol. The maximum Gasteiger partial charge on any atom is 0.142 e. The number of hydrogen-bond donors (Lipinski definition) is 2. The molecule has 0 bridgehead atoms. The molecule has 2 N–H and O–H groups in total. The van der Waals surface area contributed by atoms with Gasteiger partial charge >= 0.3 is 0 Å². The number of aromatic amines is 1. The molecule has 96 valence electrons. The molecule has 2 aromatic heterocycles. The molecule has 2 heterocycles. The number of hydrogen-bond acceptors (Lipinski definition) is 3. The first kappa shape index (κ1) is 12.7. The van der Waals surface area contributed by atoms with Crippen LogP contribution in [0.3, 0.4) is 0 Å². The van der Waals surface area contributed by atoms with Crippen molar-refractivity contribution in [3.05, 3.63) is 36.3 Å². The highest BCUT2D eigenvalue weighted by Gasteiger charge is 2.10. The summed E-state index contributed by atoms with van der Waals surface area (Å²) in [5, 5.41) is 3.33. The van der Waals surface area contributed by atoms with E-state index in [1.54, 1.807) is 12.4 Å². The summed E-state index contributed by atoms with van der Waals surface area (Å²) >= 11 is 0. The zero-order valence-electron chi connectivity index (χ0n) is 10.8. The molecule has 0 spiro atoms. The monoisotopic (exact) mass is 248 g/mol. The molecule has 0 aromatic carbocycles. The fourth-order valence-electron chi connectivity index (χ4n) is 1.51. The first-order valence-electron chi connectivity index (χ1n) is 5.84. The van der Waals surface area contributed by atoms with Gasteiger partial charge in [0.2, 0.25) is 0 Å². The predicted octanol–water partition coefficient (Wildman–Crippen LogP) is 2.50. The minimum atomic E-state index is -0.350. The summed E-state index contributed by atoms with van der Waals surface area (Å²) in [5.41, 5.74) is 1.50. The number of nitrogens with one attached hydrogen (secondary N) is 2. The summed E-state index contributed by atoms with van der Waals surface area (Å²) in [7, 11) is 0. The molecular weight excluding hydrogens is 231 g/mol. The van der Waals surface area contributed by atoms with Crippen LogP contribution in [0.4, 0.5) is 4.39 Å². The van der Waals surface area contributed by atoms with E-state index >= 15 is 0 Å². The second-order valence-electron chi connectivity index (χ2n) is 5.24. The Kier molecular flexibility index (Phi) is 3.43. The Morgan fingerprint density at radius 2 is 2.06 bits per heavy atom. The third-order valence-corrected chi connectivity index (χ3v) is 2.43. The molecule has 4 nitrogen and oxygen atoms in total. The molecule has 0 radical (unpaired) electrons. The van der Waals surface area contributed by atoms with Gasteiger partial charge in [0.05, 0.1) is 24.6 Å². The van der Waals surface area contributed by atoms with Gasteiger partial charge in [-0.25, -0.2) is 9.37 Å². The first-order valence-corrected chi connectivity index (χ1v) is 5.84.